The summed E-state index contributed by atoms with van der Waals surface area (Å²) in [6.45, 7) is 9.08. The summed E-state index contributed by atoms with van der Waals surface area (Å²) in [6, 6.07) is 19.9. The van der Waals surface area contributed by atoms with Crippen LogP contribution in [0, 0.1) is 20.8 Å². The Morgan fingerprint density at radius 2 is 1.66 bits per heavy atom. The van der Waals surface area contributed by atoms with E-state index in [-0.39, 0.29) is 11.7 Å². The van der Waals surface area contributed by atoms with E-state index < -0.39 is 0 Å². The fourth-order valence-electron chi connectivity index (χ4n) is 4.19. The standard InChI is InChI=1S/C29H31NO4S/c1-18-14-25(33-13-12-20(3)31)15-19(2)29(18)26-7-5-6-23(21(26)4)17-34-24-10-8-22(9-11-24)27-16-28(32)30-35-27/h5-11,14-16,20,31H,12-13,17H2,1-4H3,(H,30,32)/t20-/m1/s1. The first kappa shape index (κ1) is 24.8. The molecule has 0 unspecified atom stereocenters. The van der Waals surface area contributed by atoms with E-state index in [1.807, 2.05) is 24.3 Å². The van der Waals surface area contributed by atoms with Crippen molar-refractivity contribution in [3.63, 3.8) is 0 Å². The minimum atomic E-state index is -0.367. The molecule has 0 amide bonds. The van der Waals surface area contributed by atoms with Crippen molar-refractivity contribution in [1.82, 2.24) is 4.37 Å². The zero-order chi connectivity index (χ0) is 24.9. The minimum Gasteiger partial charge on any atom is -0.493 e. The van der Waals surface area contributed by atoms with E-state index in [4.69, 9.17) is 9.47 Å². The van der Waals surface area contributed by atoms with E-state index in [1.54, 1.807) is 13.0 Å². The molecule has 1 atom stereocenters. The highest BCUT2D eigenvalue weighted by Crippen LogP contribution is 2.34. The van der Waals surface area contributed by atoms with Crippen LogP contribution in [0.5, 0.6) is 11.5 Å². The number of benzene rings is 3. The number of ether oxygens (including phenoxy) is 2. The molecule has 0 radical (unpaired) electrons. The van der Waals surface area contributed by atoms with Gasteiger partial charge in [-0.15, -0.1) is 0 Å². The Hall–Kier alpha value is -3.35. The van der Waals surface area contributed by atoms with Crippen LogP contribution in [0.15, 0.2) is 65.5 Å². The molecule has 2 N–H and O–H groups in total. The van der Waals surface area contributed by atoms with Gasteiger partial charge in [-0.1, -0.05) is 29.7 Å². The monoisotopic (exact) mass is 489 g/mol. The molecule has 0 fully saturated rings. The number of hydrogen-bond donors (Lipinski definition) is 2. The minimum absolute atomic E-state index is 0.0790. The van der Waals surface area contributed by atoms with Crippen molar-refractivity contribution >= 4 is 11.5 Å². The summed E-state index contributed by atoms with van der Waals surface area (Å²) in [5, 5.41) is 9.46. The van der Waals surface area contributed by atoms with Crippen molar-refractivity contribution in [2.24, 2.45) is 0 Å². The molecule has 4 aromatic rings. The zero-order valence-electron chi connectivity index (χ0n) is 20.6. The Bertz CT molecular complexity index is 1330. The summed E-state index contributed by atoms with van der Waals surface area (Å²) in [4.78, 5) is 12.3. The normalized spacial score (nSPS) is 11.9. The molecule has 0 spiro atoms. The van der Waals surface area contributed by atoms with Crippen LogP contribution in [0.3, 0.4) is 0 Å². The lowest BCUT2D eigenvalue weighted by Gasteiger charge is -2.18. The van der Waals surface area contributed by atoms with Crippen LogP contribution in [-0.2, 0) is 6.61 Å². The molecule has 182 valence electrons. The van der Waals surface area contributed by atoms with E-state index >= 15 is 0 Å². The van der Waals surface area contributed by atoms with E-state index in [1.165, 1.54) is 28.2 Å². The molecule has 0 aliphatic rings. The maximum atomic E-state index is 11.4. The number of aryl methyl sites for hydroxylation is 2. The lowest BCUT2D eigenvalue weighted by atomic mass is 9.90. The number of rotatable bonds is 9. The van der Waals surface area contributed by atoms with Crippen LogP contribution in [0.2, 0.25) is 0 Å². The first-order valence-corrected chi connectivity index (χ1v) is 12.6. The van der Waals surface area contributed by atoms with E-state index in [0.717, 1.165) is 38.6 Å². The van der Waals surface area contributed by atoms with Crippen molar-refractivity contribution in [3.05, 3.63) is 93.3 Å². The van der Waals surface area contributed by atoms with E-state index in [0.29, 0.717) is 19.6 Å². The Morgan fingerprint density at radius 3 is 2.29 bits per heavy atom. The van der Waals surface area contributed by atoms with Gasteiger partial charge in [-0.25, -0.2) is 0 Å². The van der Waals surface area contributed by atoms with E-state index in [2.05, 4.69) is 55.5 Å². The maximum absolute atomic E-state index is 11.4. The fraction of sp³-hybridized carbons (Fsp3) is 0.276. The van der Waals surface area contributed by atoms with E-state index in [9.17, 15) is 9.90 Å². The number of H-pyrrole nitrogens is 1. The van der Waals surface area contributed by atoms with Crippen LogP contribution in [0.1, 0.15) is 35.6 Å². The molecule has 3 aromatic carbocycles. The predicted octanol–water partition coefficient (Wildman–Crippen LogP) is 6.42. The topological polar surface area (TPSA) is 71.5 Å². The number of aromatic amines is 1. The average Bonchev–Trinajstić information content (AvgIpc) is 3.25. The van der Waals surface area contributed by atoms with Crippen LogP contribution < -0.4 is 15.0 Å². The molecule has 0 saturated heterocycles. The SMILES string of the molecule is Cc1cc(OCC[C@@H](C)O)cc(C)c1-c1cccc(COc2ccc(-c3cc(=O)[nH]s3)cc2)c1C. The third kappa shape index (κ3) is 6.02. The average molecular weight is 490 g/mol. The van der Waals surface area contributed by atoms with Gasteiger partial charge in [0.25, 0.3) is 5.56 Å². The summed E-state index contributed by atoms with van der Waals surface area (Å²) < 4.78 is 14.7. The Labute approximate surface area is 210 Å². The summed E-state index contributed by atoms with van der Waals surface area (Å²) >= 11 is 1.33. The highest BCUT2D eigenvalue weighted by atomic mass is 32.1. The molecule has 0 saturated carbocycles. The summed E-state index contributed by atoms with van der Waals surface area (Å²) in [5.41, 5.74) is 7.94. The van der Waals surface area contributed by atoms with Crippen molar-refractivity contribution in [1.29, 1.82) is 0 Å². The largest absolute Gasteiger partial charge is 0.493 e. The van der Waals surface area contributed by atoms with Gasteiger partial charge in [0.1, 0.15) is 18.1 Å². The number of aromatic nitrogens is 1. The molecule has 1 aromatic heterocycles. The molecule has 35 heavy (non-hydrogen) atoms. The first-order valence-electron chi connectivity index (χ1n) is 11.7. The van der Waals surface area contributed by atoms with Crippen LogP contribution in [-0.4, -0.2) is 22.2 Å². The van der Waals surface area contributed by atoms with Gasteiger partial charge in [0.2, 0.25) is 0 Å². The smallest absolute Gasteiger partial charge is 0.258 e. The van der Waals surface area contributed by atoms with Crippen LogP contribution in [0.25, 0.3) is 21.6 Å². The lowest BCUT2D eigenvalue weighted by Crippen LogP contribution is -2.07. The molecular formula is C29H31NO4S. The van der Waals surface area contributed by atoms with Crippen molar-refractivity contribution < 1.29 is 14.6 Å². The van der Waals surface area contributed by atoms with Crippen LogP contribution >= 0.6 is 11.5 Å². The lowest BCUT2D eigenvalue weighted by molar-refractivity contribution is 0.155. The highest BCUT2D eigenvalue weighted by molar-refractivity contribution is 7.09. The number of aliphatic hydroxyl groups is 1. The summed E-state index contributed by atoms with van der Waals surface area (Å²) in [5.74, 6) is 1.62. The van der Waals surface area contributed by atoms with Crippen molar-refractivity contribution in [2.45, 2.75) is 46.8 Å². The molecule has 1 heterocycles. The van der Waals surface area contributed by atoms with Gasteiger partial charge in [0, 0.05) is 12.5 Å². The molecule has 6 heteroatoms. The van der Waals surface area contributed by atoms with Crippen molar-refractivity contribution in [3.8, 4) is 33.1 Å². The first-order chi connectivity index (χ1) is 16.8. The molecular weight excluding hydrogens is 458 g/mol. The van der Waals surface area contributed by atoms with Gasteiger partial charge in [0.15, 0.2) is 0 Å². The Kier molecular flexibility index (Phi) is 7.73. The third-order valence-corrected chi connectivity index (χ3v) is 6.96. The second-order valence-corrected chi connectivity index (χ2v) is 9.75. The fourth-order valence-corrected chi connectivity index (χ4v) is 4.88. The van der Waals surface area contributed by atoms with Crippen molar-refractivity contribution in [2.75, 3.05) is 6.61 Å². The van der Waals surface area contributed by atoms with Gasteiger partial charge in [-0.05, 0) is 103 Å². The third-order valence-electron chi connectivity index (χ3n) is 6.08. The second kappa shape index (κ2) is 10.9. The Balaban J connectivity index is 1.49. The van der Waals surface area contributed by atoms with Gasteiger partial charge < -0.3 is 14.6 Å². The maximum Gasteiger partial charge on any atom is 0.258 e. The number of aliphatic hydroxyl groups excluding tert-OH is 1. The number of nitrogens with one attached hydrogen (secondary N) is 1. The van der Waals surface area contributed by atoms with Crippen LogP contribution in [0.4, 0.5) is 0 Å². The molecule has 0 aliphatic carbocycles. The Morgan fingerprint density at radius 1 is 0.943 bits per heavy atom. The molecule has 0 bridgehead atoms. The zero-order valence-corrected chi connectivity index (χ0v) is 21.4. The quantitative estimate of drug-likeness (QED) is 0.284. The highest BCUT2D eigenvalue weighted by Gasteiger charge is 2.13. The van der Waals surface area contributed by atoms with Gasteiger partial charge >= 0.3 is 0 Å². The van der Waals surface area contributed by atoms with Gasteiger partial charge in [-0.3, -0.25) is 9.17 Å². The molecule has 5 nitrogen and oxygen atoms in total. The second-order valence-electron chi connectivity index (χ2n) is 8.90. The summed E-state index contributed by atoms with van der Waals surface area (Å²) in [7, 11) is 0. The van der Waals surface area contributed by atoms with Gasteiger partial charge in [-0.2, -0.15) is 0 Å². The summed E-state index contributed by atoms with van der Waals surface area (Å²) in [6.07, 6.45) is 0.242. The molecule has 0 aliphatic heterocycles. The molecule has 4 rings (SSSR count). The predicted molar refractivity (Wildman–Crippen MR) is 143 cm³/mol. The number of hydrogen-bond acceptors (Lipinski definition) is 5. The van der Waals surface area contributed by atoms with Gasteiger partial charge in [0.05, 0.1) is 17.6 Å².